The first-order valence-corrected chi connectivity index (χ1v) is 10.8. The van der Waals surface area contributed by atoms with Crippen molar-refractivity contribution in [2.75, 3.05) is 25.1 Å². The maximum atomic E-state index is 12.3. The van der Waals surface area contributed by atoms with E-state index < -0.39 is 18.5 Å². The van der Waals surface area contributed by atoms with Crippen LogP contribution in [0.2, 0.25) is 5.02 Å². The largest absolute Gasteiger partial charge is 0.494 e. The summed E-state index contributed by atoms with van der Waals surface area (Å²) < 4.78 is 16.1. The second-order valence-corrected chi connectivity index (χ2v) is 7.49. The Morgan fingerprint density at radius 1 is 1.06 bits per heavy atom. The van der Waals surface area contributed by atoms with Gasteiger partial charge in [-0.05, 0) is 38.1 Å². The van der Waals surface area contributed by atoms with Crippen LogP contribution in [0.3, 0.4) is 0 Å². The zero-order chi connectivity index (χ0) is 22.2. The molecule has 7 nitrogen and oxygen atoms in total. The van der Waals surface area contributed by atoms with Gasteiger partial charge in [-0.3, -0.25) is 4.79 Å². The van der Waals surface area contributed by atoms with E-state index in [-0.39, 0.29) is 5.69 Å². The molecule has 3 rings (SSSR count). The maximum absolute atomic E-state index is 12.3. The van der Waals surface area contributed by atoms with Crippen LogP contribution in [0.5, 0.6) is 11.5 Å². The molecule has 162 valence electrons. The molecule has 0 aliphatic carbocycles. The van der Waals surface area contributed by atoms with Crippen LogP contribution in [-0.4, -0.2) is 36.7 Å². The Balaban J connectivity index is 1.60. The van der Waals surface area contributed by atoms with Gasteiger partial charge in [0, 0.05) is 22.0 Å². The quantitative estimate of drug-likeness (QED) is 0.449. The Hall–Kier alpha value is -3.10. The van der Waals surface area contributed by atoms with E-state index in [1.807, 2.05) is 26.0 Å². The Morgan fingerprint density at radius 3 is 2.52 bits per heavy atom. The monoisotopic (exact) mass is 460 g/mol. The summed E-state index contributed by atoms with van der Waals surface area (Å²) in [6, 6.07) is 12.3. The second kappa shape index (κ2) is 10.8. The van der Waals surface area contributed by atoms with Crippen molar-refractivity contribution in [3.63, 3.8) is 0 Å². The number of rotatable bonds is 9. The molecule has 1 heterocycles. The second-order valence-electron chi connectivity index (χ2n) is 6.19. The van der Waals surface area contributed by atoms with E-state index >= 15 is 0 Å². The average molecular weight is 461 g/mol. The molecule has 0 fully saturated rings. The third-order valence-corrected chi connectivity index (χ3v) is 5.12. The highest BCUT2D eigenvalue weighted by Crippen LogP contribution is 2.29. The highest BCUT2D eigenvalue weighted by Gasteiger charge is 2.16. The molecule has 1 aromatic heterocycles. The zero-order valence-corrected chi connectivity index (χ0v) is 18.6. The van der Waals surface area contributed by atoms with E-state index in [2.05, 4.69) is 10.3 Å². The number of esters is 1. The molecule has 0 unspecified atom stereocenters. The number of carbonyl (C=O) groups is 2. The fraction of sp³-hybridized carbons (Fsp3) is 0.227. The van der Waals surface area contributed by atoms with Crippen LogP contribution in [0.4, 0.5) is 5.69 Å². The van der Waals surface area contributed by atoms with Gasteiger partial charge >= 0.3 is 5.97 Å². The summed E-state index contributed by atoms with van der Waals surface area (Å²) in [5.41, 5.74) is 1.41. The lowest BCUT2D eigenvalue weighted by Crippen LogP contribution is -2.21. The molecule has 1 N–H and O–H groups in total. The van der Waals surface area contributed by atoms with Gasteiger partial charge in [0.25, 0.3) is 5.91 Å². The Kier molecular flexibility index (Phi) is 7.86. The molecule has 0 radical (unpaired) electrons. The summed E-state index contributed by atoms with van der Waals surface area (Å²) in [6.45, 7) is 4.17. The lowest BCUT2D eigenvalue weighted by atomic mass is 10.2. The van der Waals surface area contributed by atoms with Crippen molar-refractivity contribution in [3.8, 4) is 22.1 Å². The molecule has 0 spiro atoms. The standard InChI is InChI=1S/C22H21ClN2O5S/c1-3-28-16-9-10-19(29-4-2)17(11-16)24-20(26)12-30-22(27)18-13-31-21(25-18)14-5-7-15(23)8-6-14/h5-11,13H,3-4,12H2,1-2H3,(H,24,26). The number of anilines is 1. The molecule has 2 aromatic carbocycles. The average Bonchev–Trinajstić information content (AvgIpc) is 3.25. The van der Waals surface area contributed by atoms with Gasteiger partial charge in [0.1, 0.15) is 16.5 Å². The zero-order valence-electron chi connectivity index (χ0n) is 17.0. The molecular formula is C22H21ClN2O5S. The molecule has 3 aromatic rings. The SMILES string of the molecule is CCOc1ccc(OCC)c(NC(=O)COC(=O)c2csc(-c3ccc(Cl)cc3)n2)c1. The van der Waals surface area contributed by atoms with E-state index in [4.69, 9.17) is 25.8 Å². The van der Waals surface area contributed by atoms with Gasteiger partial charge < -0.3 is 19.5 Å². The van der Waals surface area contributed by atoms with Crippen molar-refractivity contribution < 1.29 is 23.8 Å². The van der Waals surface area contributed by atoms with Crippen molar-refractivity contribution in [3.05, 3.63) is 58.6 Å². The smallest absolute Gasteiger partial charge is 0.358 e. The number of carbonyl (C=O) groups excluding carboxylic acids is 2. The van der Waals surface area contributed by atoms with E-state index in [9.17, 15) is 9.59 Å². The molecule has 0 aliphatic rings. The number of ether oxygens (including phenoxy) is 3. The molecule has 31 heavy (non-hydrogen) atoms. The number of aromatic nitrogens is 1. The minimum atomic E-state index is -0.681. The van der Waals surface area contributed by atoms with Crippen LogP contribution in [0, 0.1) is 0 Å². The highest BCUT2D eigenvalue weighted by molar-refractivity contribution is 7.13. The number of hydrogen-bond donors (Lipinski definition) is 1. The fourth-order valence-corrected chi connectivity index (χ4v) is 3.55. The van der Waals surface area contributed by atoms with Gasteiger partial charge in [0.15, 0.2) is 12.3 Å². The van der Waals surface area contributed by atoms with E-state index in [1.54, 1.807) is 35.7 Å². The topological polar surface area (TPSA) is 86.8 Å². The summed E-state index contributed by atoms with van der Waals surface area (Å²) in [7, 11) is 0. The number of halogens is 1. The molecule has 9 heteroatoms. The Morgan fingerprint density at radius 2 is 1.81 bits per heavy atom. The highest BCUT2D eigenvalue weighted by atomic mass is 35.5. The molecule has 0 saturated heterocycles. The summed E-state index contributed by atoms with van der Waals surface area (Å²) in [6.07, 6.45) is 0. The van der Waals surface area contributed by atoms with Crippen LogP contribution in [0.1, 0.15) is 24.3 Å². The summed E-state index contributed by atoms with van der Waals surface area (Å²) in [4.78, 5) is 28.9. The first kappa shape index (κ1) is 22.6. The number of thiazole rings is 1. The van der Waals surface area contributed by atoms with Crippen molar-refractivity contribution >= 4 is 40.5 Å². The van der Waals surface area contributed by atoms with Crippen LogP contribution in [0.15, 0.2) is 47.8 Å². The van der Waals surface area contributed by atoms with Crippen molar-refractivity contribution in [2.45, 2.75) is 13.8 Å². The van der Waals surface area contributed by atoms with Crippen molar-refractivity contribution in [1.29, 1.82) is 0 Å². The minimum absolute atomic E-state index is 0.135. The molecule has 0 aliphatic heterocycles. The summed E-state index contributed by atoms with van der Waals surface area (Å²) >= 11 is 7.19. The van der Waals surface area contributed by atoms with Crippen molar-refractivity contribution in [1.82, 2.24) is 4.98 Å². The van der Waals surface area contributed by atoms with Gasteiger partial charge in [-0.1, -0.05) is 23.7 Å². The lowest BCUT2D eigenvalue weighted by molar-refractivity contribution is -0.119. The molecule has 0 bridgehead atoms. The van der Waals surface area contributed by atoms with Crippen molar-refractivity contribution in [2.24, 2.45) is 0 Å². The third-order valence-electron chi connectivity index (χ3n) is 3.97. The molecule has 0 atom stereocenters. The fourth-order valence-electron chi connectivity index (χ4n) is 2.63. The van der Waals surface area contributed by atoms with Gasteiger partial charge in [0.2, 0.25) is 0 Å². The van der Waals surface area contributed by atoms with Gasteiger partial charge in [-0.25, -0.2) is 9.78 Å². The first-order chi connectivity index (χ1) is 15.0. The van der Waals surface area contributed by atoms with Gasteiger partial charge in [-0.15, -0.1) is 11.3 Å². The van der Waals surface area contributed by atoms with Crippen LogP contribution in [-0.2, 0) is 9.53 Å². The third kappa shape index (κ3) is 6.19. The van der Waals surface area contributed by atoms with Crippen LogP contribution >= 0.6 is 22.9 Å². The number of nitrogens with one attached hydrogen (secondary N) is 1. The molecule has 0 saturated carbocycles. The Labute approximate surface area is 188 Å². The van der Waals surface area contributed by atoms with Gasteiger partial charge in [0.05, 0.1) is 18.9 Å². The molecular weight excluding hydrogens is 440 g/mol. The van der Waals surface area contributed by atoms with E-state index in [0.717, 1.165) is 5.56 Å². The van der Waals surface area contributed by atoms with Crippen LogP contribution in [0.25, 0.3) is 10.6 Å². The number of benzene rings is 2. The number of nitrogens with zero attached hydrogens (tertiary/aromatic N) is 1. The summed E-state index contributed by atoms with van der Waals surface area (Å²) in [5, 5.41) is 5.54. The number of hydrogen-bond acceptors (Lipinski definition) is 7. The molecule has 1 amide bonds. The Bertz CT molecular complexity index is 1050. The van der Waals surface area contributed by atoms with Gasteiger partial charge in [-0.2, -0.15) is 0 Å². The first-order valence-electron chi connectivity index (χ1n) is 9.58. The van der Waals surface area contributed by atoms with E-state index in [1.165, 1.54) is 11.3 Å². The minimum Gasteiger partial charge on any atom is -0.494 e. The number of amides is 1. The summed E-state index contributed by atoms with van der Waals surface area (Å²) in [5.74, 6) is -0.0935. The maximum Gasteiger partial charge on any atom is 0.358 e. The van der Waals surface area contributed by atoms with Crippen LogP contribution < -0.4 is 14.8 Å². The predicted molar refractivity (Wildman–Crippen MR) is 120 cm³/mol. The lowest BCUT2D eigenvalue weighted by Gasteiger charge is -2.13. The normalized spacial score (nSPS) is 10.4. The predicted octanol–water partition coefficient (Wildman–Crippen LogP) is 5.06. The van der Waals surface area contributed by atoms with E-state index in [0.29, 0.717) is 40.4 Å².